The molecule has 1 fully saturated rings. The second-order valence-electron chi connectivity index (χ2n) is 8.45. The van der Waals surface area contributed by atoms with Crippen LogP contribution in [-0.4, -0.2) is 40.4 Å². The molecule has 0 bridgehead atoms. The first-order chi connectivity index (χ1) is 15.7. The number of carbonyl (C=O) groups excluding carboxylic acids is 2. The van der Waals surface area contributed by atoms with Crippen molar-refractivity contribution in [1.82, 2.24) is 14.8 Å². The molecule has 1 aliphatic heterocycles. The van der Waals surface area contributed by atoms with Crippen LogP contribution < -0.4 is 5.32 Å². The topological polar surface area (TPSA) is 54.3 Å². The lowest BCUT2D eigenvalue weighted by atomic mass is 9.93. The minimum Gasteiger partial charge on any atom is -0.348 e. The number of hydrogen-bond donors (Lipinski definition) is 1. The Morgan fingerprint density at radius 2 is 1.59 bits per heavy atom. The van der Waals surface area contributed by atoms with Crippen LogP contribution in [0.2, 0.25) is 0 Å². The first-order valence-electron chi connectivity index (χ1n) is 11.5. The van der Waals surface area contributed by atoms with Crippen molar-refractivity contribution in [2.45, 2.75) is 44.7 Å². The summed E-state index contributed by atoms with van der Waals surface area (Å²) < 4.78 is 1.98. The van der Waals surface area contributed by atoms with Crippen LogP contribution in [0.3, 0.4) is 0 Å². The Bertz CT molecular complexity index is 1020. The van der Waals surface area contributed by atoms with Crippen molar-refractivity contribution in [2.24, 2.45) is 0 Å². The van der Waals surface area contributed by atoms with Crippen LogP contribution in [0.1, 0.15) is 53.7 Å². The van der Waals surface area contributed by atoms with Gasteiger partial charge in [0.2, 0.25) is 5.91 Å². The maximum atomic E-state index is 13.1. The summed E-state index contributed by atoms with van der Waals surface area (Å²) in [7, 11) is 0. The van der Waals surface area contributed by atoms with Gasteiger partial charge in [0.1, 0.15) is 5.69 Å². The molecule has 1 saturated heterocycles. The molecule has 0 spiro atoms. The highest BCUT2D eigenvalue weighted by atomic mass is 16.2. The van der Waals surface area contributed by atoms with E-state index in [9.17, 15) is 9.59 Å². The average Bonchev–Trinajstić information content (AvgIpc) is 3.29. The van der Waals surface area contributed by atoms with Crippen LogP contribution in [-0.2, 0) is 11.3 Å². The van der Waals surface area contributed by atoms with E-state index in [1.165, 1.54) is 0 Å². The lowest BCUT2D eigenvalue weighted by molar-refractivity contribution is -0.134. The Morgan fingerprint density at radius 3 is 2.25 bits per heavy atom. The molecule has 1 aliphatic rings. The molecule has 2 amide bonds. The van der Waals surface area contributed by atoms with Crippen LogP contribution in [0.5, 0.6) is 0 Å². The summed E-state index contributed by atoms with van der Waals surface area (Å²) in [5, 5.41) is 3.18. The molecule has 5 heteroatoms. The first kappa shape index (κ1) is 21.9. The highest BCUT2D eigenvalue weighted by molar-refractivity contribution is 5.93. The molecule has 4 rings (SSSR count). The van der Waals surface area contributed by atoms with E-state index in [0.29, 0.717) is 25.3 Å². The Balaban J connectivity index is 1.32. The van der Waals surface area contributed by atoms with Crippen LogP contribution in [0.25, 0.3) is 0 Å². The number of nitrogens with one attached hydrogen (secondary N) is 1. The SMILES string of the molecule is CCC(C(=O)N1CCC(NC(=O)c2cccn2Cc2ccccc2)CC1)c1ccccc1. The molecule has 5 nitrogen and oxygen atoms in total. The number of aromatic nitrogens is 1. The minimum atomic E-state index is -0.0939. The van der Waals surface area contributed by atoms with E-state index < -0.39 is 0 Å². The highest BCUT2D eigenvalue weighted by Crippen LogP contribution is 2.24. The molecule has 3 aromatic rings. The van der Waals surface area contributed by atoms with Crippen molar-refractivity contribution in [1.29, 1.82) is 0 Å². The third kappa shape index (κ3) is 5.10. The fourth-order valence-electron chi connectivity index (χ4n) is 4.50. The normalized spacial score (nSPS) is 15.3. The van der Waals surface area contributed by atoms with Gasteiger partial charge in [-0.3, -0.25) is 9.59 Å². The van der Waals surface area contributed by atoms with E-state index in [0.717, 1.165) is 30.4 Å². The molecule has 1 aromatic heterocycles. The molecular formula is C27H31N3O2. The van der Waals surface area contributed by atoms with Gasteiger partial charge in [0, 0.05) is 31.9 Å². The third-order valence-corrected chi connectivity index (χ3v) is 6.31. The van der Waals surface area contributed by atoms with Crippen LogP contribution in [0.4, 0.5) is 0 Å². The zero-order chi connectivity index (χ0) is 22.3. The lowest BCUT2D eigenvalue weighted by Crippen LogP contribution is -2.48. The highest BCUT2D eigenvalue weighted by Gasteiger charge is 2.29. The first-order valence-corrected chi connectivity index (χ1v) is 11.5. The molecule has 0 radical (unpaired) electrons. The Kier molecular flexibility index (Phi) is 7.05. The van der Waals surface area contributed by atoms with E-state index in [1.54, 1.807) is 0 Å². The summed E-state index contributed by atoms with van der Waals surface area (Å²) >= 11 is 0. The third-order valence-electron chi connectivity index (χ3n) is 6.31. The maximum Gasteiger partial charge on any atom is 0.268 e. The number of amides is 2. The summed E-state index contributed by atoms with van der Waals surface area (Å²) in [4.78, 5) is 28.0. The van der Waals surface area contributed by atoms with Crippen molar-refractivity contribution in [3.8, 4) is 0 Å². The van der Waals surface area contributed by atoms with E-state index in [-0.39, 0.29) is 23.8 Å². The number of hydrogen-bond acceptors (Lipinski definition) is 2. The van der Waals surface area contributed by atoms with Crippen molar-refractivity contribution in [3.63, 3.8) is 0 Å². The monoisotopic (exact) mass is 429 g/mol. The quantitative estimate of drug-likeness (QED) is 0.603. The molecule has 166 valence electrons. The number of piperidine rings is 1. The average molecular weight is 430 g/mol. The van der Waals surface area contributed by atoms with E-state index in [2.05, 4.69) is 24.4 Å². The second-order valence-corrected chi connectivity index (χ2v) is 8.45. The van der Waals surface area contributed by atoms with Crippen molar-refractivity contribution in [2.75, 3.05) is 13.1 Å². The van der Waals surface area contributed by atoms with Gasteiger partial charge in [-0.15, -0.1) is 0 Å². The molecule has 0 saturated carbocycles. The molecule has 1 N–H and O–H groups in total. The molecule has 1 unspecified atom stereocenters. The summed E-state index contributed by atoms with van der Waals surface area (Å²) in [6, 6.07) is 24.0. The van der Waals surface area contributed by atoms with E-state index in [1.807, 2.05) is 76.3 Å². The van der Waals surface area contributed by atoms with Crippen LogP contribution in [0.15, 0.2) is 79.0 Å². The standard InChI is InChI=1S/C27H31N3O2/c1-2-24(22-12-7-4-8-13-22)27(32)29-18-15-23(16-19-29)28-26(31)25-14-9-17-30(25)20-21-10-5-3-6-11-21/h3-14,17,23-24H,2,15-16,18-20H2,1H3,(H,28,31). The van der Waals surface area contributed by atoms with Gasteiger partial charge in [-0.1, -0.05) is 67.6 Å². The van der Waals surface area contributed by atoms with Gasteiger partial charge >= 0.3 is 0 Å². The number of rotatable bonds is 7. The largest absolute Gasteiger partial charge is 0.348 e. The second kappa shape index (κ2) is 10.3. The minimum absolute atomic E-state index is 0.0496. The van der Waals surface area contributed by atoms with Gasteiger partial charge in [0.25, 0.3) is 5.91 Å². The van der Waals surface area contributed by atoms with Crippen molar-refractivity contribution in [3.05, 3.63) is 95.8 Å². The van der Waals surface area contributed by atoms with Gasteiger partial charge in [0.05, 0.1) is 5.92 Å². The molecule has 2 heterocycles. The van der Waals surface area contributed by atoms with Crippen LogP contribution in [0, 0.1) is 0 Å². The maximum absolute atomic E-state index is 13.1. The molecule has 0 aliphatic carbocycles. The fourth-order valence-corrected chi connectivity index (χ4v) is 4.50. The van der Waals surface area contributed by atoms with Gasteiger partial charge in [-0.05, 0) is 42.5 Å². The van der Waals surface area contributed by atoms with Gasteiger partial charge in [0.15, 0.2) is 0 Å². The zero-order valence-electron chi connectivity index (χ0n) is 18.6. The Hall–Kier alpha value is -3.34. The van der Waals surface area contributed by atoms with Crippen LogP contribution >= 0.6 is 0 Å². The van der Waals surface area contributed by atoms with Crippen molar-refractivity contribution < 1.29 is 9.59 Å². The fraction of sp³-hybridized carbons (Fsp3) is 0.333. The predicted molar refractivity (Wildman–Crippen MR) is 127 cm³/mol. The molecule has 32 heavy (non-hydrogen) atoms. The molecule has 2 aromatic carbocycles. The van der Waals surface area contributed by atoms with Crippen molar-refractivity contribution >= 4 is 11.8 Å². The summed E-state index contributed by atoms with van der Waals surface area (Å²) in [6.45, 7) is 4.09. The summed E-state index contributed by atoms with van der Waals surface area (Å²) in [5.41, 5.74) is 2.91. The van der Waals surface area contributed by atoms with Gasteiger partial charge in [-0.25, -0.2) is 0 Å². The number of benzene rings is 2. The Labute approximate surface area is 190 Å². The zero-order valence-corrected chi connectivity index (χ0v) is 18.6. The number of nitrogens with zero attached hydrogens (tertiary/aromatic N) is 2. The summed E-state index contributed by atoms with van der Waals surface area (Å²) in [6.07, 6.45) is 4.29. The number of likely N-dealkylation sites (tertiary alicyclic amines) is 1. The molecule has 1 atom stereocenters. The van der Waals surface area contributed by atoms with Gasteiger partial charge in [-0.2, -0.15) is 0 Å². The molecular weight excluding hydrogens is 398 g/mol. The Morgan fingerprint density at radius 1 is 0.938 bits per heavy atom. The lowest BCUT2D eigenvalue weighted by Gasteiger charge is -2.34. The van der Waals surface area contributed by atoms with Gasteiger partial charge < -0.3 is 14.8 Å². The number of carbonyl (C=O) groups is 2. The predicted octanol–water partition coefficient (Wildman–Crippen LogP) is 4.45. The smallest absolute Gasteiger partial charge is 0.268 e. The van der Waals surface area contributed by atoms with E-state index >= 15 is 0 Å². The van der Waals surface area contributed by atoms with E-state index in [4.69, 9.17) is 0 Å². The summed E-state index contributed by atoms with van der Waals surface area (Å²) in [5.74, 6) is 0.0512.